The second-order valence-electron chi connectivity index (χ2n) is 6.75. The van der Waals surface area contributed by atoms with Gasteiger partial charge < -0.3 is 10.5 Å². The van der Waals surface area contributed by atoms with Crippen LogP contribution in [0.1, 0.15) is 33.7 Å². The largest absolute Gasteiger partial charge is 0.375 e. The molecule has 1 fully saturated rings. The van der Waals surface area contributed by atoms with Gasteiger partial charge in [0.15, 0.2) is 0 Å². The van der Waals surface area contributed by atoms with Crippen molar-refractivity contribution in [2.75, 3.05) is 36.9 Å². The lowest BCUT2D eigenvalue weighted by atomic mass is 9.87. The molecule has 7 heteroatoms. The zero-order valence-electron chi connectivity index (χ0n) is 15.7. The van der Waals surface area contributed by atoms with Crippen molar-refractivity contribution in [2.45, 2.75) is 19.3 Å². The molecule has 0 bridgehead atoms. The van der Waals surface area contributed by atoms with E-state index in [9.17, 15) is 15.8 Å². The number of hydrogen-bond acceptors (Lipinski definition) is 6. The summed E-state index contributed by atoms with van der Waals surface area (Å²) < 4.78 is 5.38. The van der Waals surface area contributed by atoms with Gasteiger partial charge in [0.2, 0.25) is 11.6 Å². The van der Waals surface area contributed by atoms with E-state index < -0.39 is 5.92 Å². The van der Waals surface area contributed by atoms with Crippen LogP contribution in [-0.2, 0) is 11.2 Å². The van der Waals surface area contributed by atoms with Crippen molar-refractivity contribution in [1.29, 1.82) is 15.8 Å². The van der Waals surface area contributed by atoms with Crippen LogP contribution in [0.25, 0.3) is 0 Å². The molecule has 7 nitrogen and oxygen atoms in total. The first-order valence-electron chi connectivity index (χ1n) is 9.05. The second kappa shape index (κ2) is 8.39. The number of aromatic nitrogens is 1. The Morgan fingerprint density at radius 1 is 1.11 bits per heavy atom. The lowest BCUT2D eigenvalue weighted by molar-refractivity contribution is -0.347. The zero-order chi connectivity index (χ0) is 20.1. The molecule has 1 aliphatic heterocycles. The number of ether oxygens (including phenoxy) is 1. The van der Waals surface area contributed by atoms with Crippen LogP contribution in [0, 0.1) is 40.9 Å². The topological polar surface area (TPSA) is 124 Å². The number of morpholine rings is 1. The third kappa shape index (κ3) is 3.74. The van der Waals surface area contributed by atoms with Gasteiger partial charge in [-0.2, -0.15) is 15.8 Å². The van der Waals surface area contributed by atoms with Crippen molar-refractivity contribution in [3.63, 3.8) is 0 Å². The van der Waals surface area contributed by atoms with E-state index in [2.05, 4.69) is 23.2 Å². The van der Waals surface area contributed by atoms with E-state index in [0.717, 1.165) is 11.1 Å². The molecular formula is C21H21N6O+. The fraction of sp³-hybridized carbons (Fsp3) is 0.333. The molecule has 1 atom stereocenters. The van der Waals surface area contributed by atoms with Crippen molar-refractivity contribution >= 4 is 11.6 Å². The first-order valence-corrected chi connectivity index (χ1v) is 9.05. The number of rotatable bonds is 4. The van der Waals surface area contributed by atoms with Crippen LogP contribution in [0.15, 0.2) is 24.3 Å². The Bertz CT molecular complexity index is 988. The highest BCUT2D eigenvalue weighted by Gasteiger charge is 2.31. The number of nitrogens with one attached hydrogen (secondary N) is 1. The third-order valence-electron chi connectivity index (χ3n) is 4.91. The van der Waals surface area contributed by atoms with E-state index >= 15 is 0 Å². The maximum atomic E-state index is 9.90. The predicted octanol–water partition coefficient (Wildman–Crippen LogP) is 1.82. The van der Waals surface area contributed by atoms with Gasteiger partial charge in [0.25, 0.3) is 0 Å². The average molecular weight is 373 g/mol. The quantitative estimate of drug-likeness (QED) is 0.872. The SMILES string of the molecule is Cc1ccc(C[C@H](C#N)c2c(C#N)c(N)[nH+]c(N3CCOCC3)c2C#N)cc1. The number of benzene rings is 1. The Hall–Kier alpha value is -3.60. The first-order chi connectivity index (χ1) is 13.6. The molecule has 0 unspecified atom stereocenters. The number of H-pyrrole nitrogens is 1. The lowest BCUT2D eigenvalue weighted by Gasteiger charge is -2.26. The maximum Gasteiger partial charge on any atom is 0.240 e. The van der Waals surface area contributed by atoms with Gasteiger partial charge >= 0.3 is 0 Å². The summed E-state index contributed by atoms with van der Waals surface area (Å²) in [6, 6.07) is 14.4. The Labute approximate surface area is 164 Å². The predicted molar refractivity (Wildman–Crippen MR) is 103 cm³/mol. The molecule has 3 rings (SSSR count). The number of hydrogen-bond donors (Lipinski definition) is 1. The summed E-state index contributed by atoms with van der Waals surface area (Å²) in [7, 11) is 0. The van der Waals surface area contributed by atoms with Crippen molar-refractivity contribution in [1.82, 2.24) is 0 Å². The molecule has 140 valence electrons. The van der Waals surface area contributed by atoms with Gasteiger partial charge in [-0.05, 0) is 18.9 Å². The van der Waals surface area contributed by atoms with Crippen molar-refractivity contribution in [3.8, 4) is 18.2 Å². The third-order valence-corrected chi connectivity index (χ3v) is 4.91. The van der Waals surface area contributed by atoms with E-state index in [1.165, 1.54) is 0 Å². The van der Waals surface area contributed by atoms with Gasteiger partial charge in [0, 0.05) is 5.56 Å². The summed E-state index contributed by atoms with van der Waals surface area (Å²) >= 11 is 0. The summed E-state index contributed by atoms with van der Waals surface area (Å²) in [5, 5.41) is 29.4. The van der Waals surface area contributed by atoms with Gasteiger partial charge in [-0.15, -0.1) is 0 Å². The van der Waals surface area contributed by atoms with Gasteiger partial charge in [0.1, 0.15) is 23.3 Å². The van der Waals surface area contributed by atoms with Crippen LogP contribution in [0.4, 0.5) is 11.6 Å². The fourth-order valence-corrected chi connectivity index (χ4v) is 3.43. The Kier molecular flexibility index (Phi) is 5.75. The van der Waals surface area contributed by atoms with E-state index in [0.29, 0.717) is 49.7 Å². The summed E-state index contributed by atoms with van der Waals surface area (Å²) in [6.07, 6.45) is 0.395. The number of nitriles is 3. The summed E-state index contributed by atoms with van der Waals surface area (Å²) in [5.74, 6) is 0.0484. The van der Waals surface area contributed by atoms with Crippen LogP contribution in [0.3, 0.4) is 0 Å². The van der Waals surface area contributed by atoms with E-state index in [4.69, 9.17) is 10.5 Å². The summed E-state index contributed by atoms with van der Waals surface area (Å²) in [5.41, 5.74) is 9.05. The van der Waals surface area contributed by atoms with Crippen LogP contribution in [0.5, 0.6) is 0 Å². The fourth-order valence-electron chi connectivity index (χ4n) is 3.43. The second-order valence-corrected chi connectivity index (χ2v) is 6.75. The number of aryl methyl sites for hydroxylation is 1. The van der Waals surface area contributed by atoms with E-state index in [-0.39, 0.29) is 11.4 Å². The Balaban J connectivity index is 2.12. The zero-order valence-corrected chi connectivity index (χ0v) is 15.7. The minimum absolute atomic E-state index is 0.159. The number of aromatic amines is 1. The monoisotopic (exact) mass is 373 g/mol. The molecule has 0 amide bonds. The number of nitrogens with zero attached hydrogens (tertiary/aromatic N) is 4. The standard InChI is InChI=1S/C21H20N6O/c1-14-2-4-15(5-3-14)10-16(11-22)19-17(12-23)20(25)26-21(18(19)13-24)27-6-8-28-9-7-27/h2-5,16H,6-10H2,1H3,(H2,25,26)/p+1/t16-/m1/s1. The van der Waals surface area contributed by atoms with Gasteiger partial charge in [0.05, 0.1) is 38.3 Å². The molecule has 3 N–H and O–H groups in total. The van der Waals surface area contributed by atoms with Gasteiger partial charge in [-0.1, -0.05) is 29.8 Å². The molecule has 0 spiro atoms. The average Bonchev–Trinajstić information content (AvgIpc) is 2.73. The molecule has 1 aliphatic rings. The molecule has 0 aliphatic carbocycles. The minimum atomic E-state index is -0.663. The van der Waals surface area contributed by atoms with E-state index in [1.54, 1.807) is 0 Å². The molecular weight excluding hydrogens is 352 g/mol. The Morgan fingerprint density at radius 3 is 2.32 bits per heavy atom. The summed E-state index contributed by atoms with van der Waals surface area (Å²) in [4.78, 5) is 4.98. The van der Waals surface area contributed by atoms with Gasteiger partial charge in [-0.25, -0.2) is 4.98 Å². The molecule has 28 heavy (non-hydrogen) atoms. The molecule has 2 heterocycles. The van der Waals surface area contributed by atoms with Crippen molar-refractivity contribution < 1.29 is 9.72 Å². The first kappa shape index (κ1) is 19.2. The molecule has 2 aromatic rings. The molecule has 1 saturated heterocycles. The lowest BCUT2D eigenvalue weighted by Crippen LogP contribution is -2.41. The summed E-state index contributed by atoms with van der Waals surface area (Å²) in [6.45, 7) is 4.28. The number of pyridine rings is 1. The molecule has 0 saturated carbocycles. The van der Waals surface area contributed by atoms with Gasteiger partial charge in [-0.3, -0.25) is 4.90 Å². The van der Waals surface area contributed by atoms with Crippen LogP contribution in [0.2, 0.25) is 0 Å². The van der Waals surface area contributed by atoms with Crippen LogP contribution in [-0.4, -0.2) is 26.3 Å². The molecule has 1 aromatic carbocycles. The highest BCUT2D eigenvalue weighted by molar-refractivity contribution is 5.66. The highest BCUT2D eigenvalue weighted by atomic mass is 16.5. The Morgan fingerprint density at radius 2 is 1.75 bits per heavy atom. The minimum Gasteiger partial charge on any atom is -0.375 e. The van der Waals surface area contributed by atoms with Crippen LogP contribution >= 0.6 is 0 Å². The number of nitrogens with two attached hydrogens (primary N) is 1. The smallest absolute Gasteiger partial charge is 0.240 e. The van der Waals surface area contributed by atoms with E-state index in [1.807, 2.05) is 36.1 Å². The normalized spacial score (nSPS) is 14.6. The van der Waals surface area contributed by atoms with Crippen molar-refractivity contribution in [3.05, 3.63) is 52.1 Å². The number of nitrogen functional groups attached to an aromatic ring is 1. The number of anilines is 2. The van der Waals surface area contributed by atoms with Crippen molar-refractivity contribution in [2.24, 2.45) is 0 Å². The highest BCUT2D eigenvalue weighted by Crippen LogP contribution is 2.32. The molecule has 1 aromatic heterocycles. The van der Waals surface area contributed by atoms with Crippen LogP contribution < -0.4 is 15.6 Å². The maximum absolute atomic E-state index is 9.90. The molecule has 0 radical (unpaired) electrons.